The molecule has 0 amide bonds. The number of hydrogen-bond acceptors (Lipinski definition) is 3. The van der Waals surface area contributed by atoms with Crippen LogP contribution in [0.3, 0.4) is 0 Å². The van der Waals surface area contributed by atoms with Gasteiger partial charge in [-0.25, -0.2) is 0 Å². The predicted octanol–water partition coefficient (Wildman–Crippen LogP) is 3.34. The van der Waals surface area contributed by atoms with Crippen molar-refractivity contribution in [1.82, 2.24) is 0 Å². The van der Waals surface area contributed by atoms with Gasteiger partial charge in [0.15, 0.2) is 0 Å². The predicted molar refractivity (Wildman–Crippen MR) is 71.8 cm³/mol. The molecule has 0 N–H and O–H groups in total. The zero-order valence-electron chi connectivity index (χ0n) is 10.3. The van der Waals surface area contributed by atoms with Crippen molar-refractivity contribution in [2.24, 2.45) is 0 Å². The van der Waals surface area contributed by atoms with Crippen LogP contribution in [0.15, 0.2) is 48.5 Å². The van der Waals surface area contributed by atoms with Gasteiger partial charge in [-0.15, -0.1) is 0 Å². The molecule has 0 aliphatic rings. The molecule has 0 heterocycles. The summed E-state index contributed by atoms with van der Waals surface area (Å²) >= 11 is -1.84. The van der Waals surface area contributed by atoms with E-state index in [1.165, 1.54) is 0 Å². The zero-order valence-corrected chi connectivity index (χ0v) is 11.1. The standard InChI is InChI=1S/C14H14O3S/c1-11-5-3-7-13(9-11)16-18(15)17-14-8-4-6-12(2)10-14/h3-10H,1-2H3. The van der Waals surface area contributed by atoms with Crippen LogP contribution in [-0.2, 0) is 11.4 Å². The number of rotatable bonds is 4. The molecule has 94 valence electrons. The maximum Gasteiger partial charge on any atom is 0.417 e. The molecule has 2 rings (SSSR count). The van der Waals surface area contributed by atoms with Crippen LogP contribution < -0.4 is 8.37 Å². The Morgan fingerprint density at radius 3 is 1.67 bits per heavy atom. The second kappa shape index (κ2) is 5.69. The van der Waals surface area contributed by atoms with Crippen molar-refractivity contribution in [1.29, 1.82) is 0 Å². The first-order valence-corrected chi connectivity index (χ1v) is 6.55. The molecule has 0 spiro atoms. The van der Waals surface area contributed by atoms with E-state index in [4.69, 9.17) is 8.37 Å². The van der Waals surface area contributed by atoms with Gasteiger partial charge in [0.25, 0.3) is 0 Å². The Kier molecular flexibility index (Phi) is 3.99. The minimum absolute atomic E-state index is 0.529. The number of hydrogen-bond donors (Lipinski definition) is 0. The molecular weight excluding hydrogens is 248 g/mol. The Labute approximate surface area is 109 Å². The van der Waals surface area contributed by atoms with Crippen LogP contribution in [0.25, 0.3) is 0 Å². The molecule has 0 fully saturated rings. The number of aryl methyl sites for hydroxylation is 2. The monoisotopic (exact) mass is 262 g/mol. The quantitative estimate of drug-likeness (QED) is 0.847. The van der Waals surface area contributed by atoms with E-state index in [0.717, 1.165) is 11.1 Å². The van der Waals surface area contributed by atoms with Crippen LogP contribution in [0.2, 0.25) is 0 Å². The molecule has 0 atom stereocenters. The van der Waals surface area contributed by atoms with Crippen LogP contribution in [0, 0.1) is 13.8 Å². The summed E-state index contributed by atoms with van der Waals surface area (Å²) in [5.74, 6) is 1.06. The molecule has 0 aromatic heterocycles. The van der Waals surface area contributed by atoms with E-state index >= 15 is 0 Å². The van der Waals surface area contributed by atoms with Crippen molar-refractivity contribution >= 4 is 11.4 Å². The molecule has 0 aliphatic heterocycles. The fourth-order valence-corrected chi connectivity index (χ4v) is 2.06. The van der Waals surface area contributed by atoms with E-state index in [0.29, 0.717) is 11.5 Å². The van der Waals surface area contributed by atoms with Crippen molar-refractivity contribution in [3.05, 3.63) is 59.7 Å². The lowest BCUT2D eigenvalue weighted by Crippen LogP contribution is -2.08. The molecule has 0 radical (unpaired) electrons. The minimum atomic E-state index is -1.84. The summed E-state index contributed by atoms with van der Waals surface area (Å²) in [5.41, 5.74) is 2.08. The second-order valence-corrected chi connectivity index (χ2v) is 4.75. The summed E-state index contributed by atoms with van der Waals surface area (Å²) in [6.45, 7) is 3.88. The van der Waals surface area contributed by atoms with Crippen LogP contribution in [0.1, 0.15) is 11.1 Å². The second-order valence-electron chi connectivity index (χ2n) is 4.00. The molecule has 18 heavy (non-hydrogen) atoms. The van der Waals surface area contributed by atoms with Crippen LogP contribution >= 0.6 is 0 Å². The summed E-state index contributed by atoms with van der Waals surface area (Å²) in [6, 6.07) is 14.7. The largest absolute Gasteiger partial charge is 0.417 e. The highest BCUT2D eigenvalue weighted by atomic mass is 32.2. The molecule has 3 nitrogen and oxygen atoms in total. The lowest BCUT2D eigenvalue weighted by Gasteiger charge is -2.06. The van der Waals surface area contributed by atoms with Gasteiger partial charge in [-0.3, -0.25) is 0 Å². The van der Waals surface area contributed by atoms with Gasteiger partial charge in [0.2, 0.25) is 0 Å². The molecule has 0 saturated heterocycles. The first kappa shape index (κ1) is 12.6. The lowest BCUT2D eigenvalue weighted by molar-refractivity contribution is 0.461. The van der Waals surface area contributed by atoms with E-state index < -0.39 is 11.4 Å². The highest BCUT2D eigenvalue weighted by Crippen LogP contribution is 2.17. The van der Waals surface area contributed by atoms with E-state index in [9.17, 15) is 4.21 Å². The van der Waals surface area contributed by atoms with Gasteiger partial charge in [-0.2, -0.15) is 4.21 Å². The molecule has 0 aliphatic carbocycles. The van der Waals surface area contributed by atoms with Crippen LogP contribution in [0.5, 0.6) is 11.5 Å². The molecule has 2 aromatic carbocycles. The van der Waals surface area contributed by atoms with Crippen molar-refractivity contribution in [2.45, 2.75) is 13.8 Å². The van der Waals surface area contributed by atoms with Gasteiger partial charge in [-0.05, 0) is 49.2 Å². The van der Waals surface area contributed by atoms with Gasteiger partial charge in [0.1, 0.15) is 11.5 Å². The Morgan fingerprint density at radius 2 is 1.28 bits per heavy atom. The topological polar surface area (TPSA) is 35.5 Å². The van der Waals surface area contributed by atoms with Gasteiger partial charge in [0.05, 0.1) is 0 Å². The third kappa shape index (κ3) is 3.60. The van der Waals surface area contributed by atoms with Gasteiger partial charge >= 0.3 is 11.4 Å². The van der Waals surface area contributed by atoms with E-state index in [-0.39, 0.29) is 0 Å². The SMILES string of the molecule is Cc1cccc(OS(=O)Oc2cccc(C)c2)c1. The summed E-state index contributed by atoms with van der Waals surface area (Å²) in [7, 11) is 0. The van der Waals surface area contributed by atoms with Gasteiger partial charge < -0.3 is 8.37 Å². The first-order valence-electron chi connectivity index (χ1n) is 5.55. The maximum absolute atomic E-state index is 11.7. The first-order chi connectivity index (χ1) is 8.63. The van der Waals surface area contributed by atoms with Crippen LogP contribution in [0.4, 0.5) is 0 Å². The van der Waals surface area contributed by atoms with Crippen LogP contribution in [-0.4, -0.2) is 4.21 Å². The smallest absolute Gasteiger partial charge is 0.371 e. The van der Waals surface area contributed by atoms with E-state index in [1.54, 1.807) is 24.3 Å². The molecule has 0 bridgehead atoms. The van der Waals surface area contributed by atoms with E-state index in [1.807, 2.05) is 38.1 Å². The van der Waals surface area contributed by atoms with E-state index in [2.05, 4.69) is 0 Å². The third-order valence-electron chi connectivity index (χ3n) is 2.31. The molecule has 0 unspecified atom stereocenters. The fraction of sp³-hybridized carbons (Fsp3) is 0.143. The highest BCUT2D eigenvalue weighted by Gasteiger charge is 2.05. The Morgan fingerprint density at radius 1 is 0.833 bits per heavy atom. The zero-order chi connectivity index (χ0) is 13.0. The molecule has 0 saturated carbocycles. The molecule has 2 aromatic rings. The Balaban J connectivity index is 2.01. The lowest BCUT2D eigenvalue weighted by atomic mass is 10.2. The average molecular weight is 262 g/mol. The Hall–Kier alpha value is -1.81. The third-order valence-corrected chi connectivity index (χ3v) is 2.96. The summed E-state index contributed by atoms with van der Waals surface area (Å²) in [5, 5.41) is 0. The van der Waals surface area contributed by atoms with Gasteiger partial charge in [0, 0.05) is 0 Å². The van der Waals surface area contributed by atoms with Crippen molar-refractivity contribution in [3.63, 3.8) is 0 Å². The maximum atomic E-state index is 11.7. The summed E-state index contributed by atoms with van der Waals surface area (Å²) < 4.78 is 22.0. The molecular formula is C14H14O3S. The summed E-state index contributed by atoms with van der Waals surface area (Å²) in [6.07, 6.45) is 0. The fourth-order valence-electron chi connectivity index (χ4n) is 1.51. The normalized spacial score (nSPS) is 10.4. The van der Waals surface area contributed by atoms with Crippen molar-refractivity contribution < 1.29 is 12.6 Å². The minimum Gasteiger partial charge on any atom is -0.371 e. The number of benzene rings is 2. The van der Waals surface area contributed by atoms with Gasteiger partial charge in [-0.1, -0.05) is 24.3 Å². The Bertz CT molecular complexity index is 517. The van der Waals surface area contributed by atoms with Crippen molar-refractivity contribution in [3.8, 4) is 11.5 Å². The summed E-state index contributed by atoms with van der Waals surface area (Å²) in [4.78, 5) is 0. The highest BCUT2D eigenvalue weighted by molar-refractivity contribution is 7.75. The van der Waals surface area contributed by atoms with Crippen molar-refractivity contribution in [2.75, 3.05) is 0 Å². The molecule has 4 heteroatoms. The average Bonchev–Trinajstić information content (AvgIpc) is 2.28.